The van der Waals surface area contributed by atoms with Crippen molar-refractivity contribution in [1.29, 1.82) is 0 Å². The summed E-state index contributed by atoms with van der Waals surface area (Å²) < 4.78 is 5.18. The Bertz CT molecular complexity index is 1210. The van der Waals surface area contributed by atoms with Gasteiger partial charge < -0.3 is 14.8 Å². The molecule has 0 aliphatic heterocycles. The first kappa shape index (κ1) is 19.2. The topological polar surface area (TPSA) is 104 Å². The molecular formula is C23H19N3O4. The van der Waals surface area contributed by atoms with Crippen LogP contribution in [0.5, 0.6) is 5.75 Å². The normalized spacial score (nSPS) is 10.7. The monoisotopic (exact) mass is 401 g/mol. The second-order valence-electron chi connectivity index (χ2n) is 6.73. The van der Waals surface area contributed by atoms with Crippen molar-refractivity contribution < 1.29 is 19.4 Å². The number of benzene rings is 3. The van der Waals surface area contributed by atoms with Crippen LogP contribution in [0.1, 0.15) is 21.5 Å². The first-order chi connectivity index (χ1) is 14.5. The van der Waals surface area contributed by atoms with Crippen LogP contribution in [0.25, 0.3) is 22.4 Å². The van der Waals surface area contributed by atoms with Crippen molar-refractivity contribution in [3.05, 3.63) is 83.4 Å². The van der Waals surface area contributed by atoms with Crippen molar-refractivity contribution in [3.63, 3.8) is 0 Å². The number of ether oxygens (including phenoxy) is 1. The van der Waals surface area contributed by atoms with Gasteiger partial charge in [-0.2, -0.15) is 0 Å². The minimum Gasteiger partial charge on any atom is -0.497 e. The summed E-state index contributed by atoms with van der Waals surface area (Å²) in [6, 6.07) is 20.7. The van der Waals surface area contributed by atoms with Crippen LogP contribution in [0, 0.1) is 0 Å². The molecule has 0 aliphatic rings. The molecule has 0 bridgehead atoms. The molecule has 150 valence electrons. The fraction of sp³-hybridized carbons (Fsp3) is 0.0870. The van der Waals surface area contributed by atoms with Crippen LogP contribution in [0.4, 0.5) is 4.79 Å². The third-order valence-electron chi connectivity index (χ3n) is 4.79. The van der Waals surface area contributed by atoms with Gasteiger partial charge in [0.25, 0.3) is 5.91 Å². The molecule has 0 atom stereocenters. The summed E-state index contributed by atoms with van der Waals surface area (Å²) in [6.45, 7) is 0. The van der Waals surface area contributed by atoms with Gasteiger partial charge in [0, 0.05) is 5.56 Å². The Hall–Kier alpha value is -4.13. The zero-order valence-electron chi connectivity index (χ0n) is 16.2. The van der Waals surface area contributed by atoms with E-state index >= 15 is 0 Å². The Balaban J connectivity index is 1.82. The summed E-state index contributed by atoms with van der Waals surface area (Å²) in [4.78, 5) is 31.7. The van der Waals surface area contributed by atoms with E-state index in [0.717, 1.165) is 16.9 Å². The van der Waals surface area contributed by atoms with E-state index in [9.17, 15) is 9.59 Å². The van der Waals surface area contributed by atoms with Crippen LogP contribution < -0.4 is 10.1 Å². The lowest BCUT2D eigenvalue weighted by molar-refractivity contribution is 0.0949. The molecule has 30 heavy (non-hydrogen) atoms. The number of carbonyl (C=O) groups excluding carboxylic acids is 1. The Labute approximate surface area is 172 Å². The number of rotatable bonds is 5. The summed E-state index contributed by atoms with van der Waals surface area (Å²) in [7, 11) is 1.60. The molecule has 0 fully saturated rings. The highest BCUT2D eigenvalue weighted by atomic mass is 16.5. The minimum atomic E-state index is -1.41. The average molecular weight is 401 g/mol. The predicted octanol–water partition coefficient (Wildman–Crippen LogP) is 4.24. The highest BCUT2D eigenvalue weighted by molar-refractivity contribution is 6.11. The molecule has 4 rings (SSSR count). The van der Waals surface area contributed by atoms with Gasteiger partial charge in [-0.3, -0.25) is 10.1 Å². The number of carboxylic acid groups (broad SMARTS) is 1. The van der Waals surface area contributed by atoms with Gasteiger partial charge in [-0.25, -0.2) is 9.78 Å². The first-order valence-electron chi connectivity index (χ1n) is 9.29. The molecule has 0 saturated carbocycles. The molecule has 1 heterocycles. The van der Waals surface area contributed by atoms with E-state index in [2.05, 4.69) is 9.97 Å². The molecule has 7 heteroatoms. The molecule has 0 saturated heterocycles. The van der Waals surface area contributed by atoms with Crippen LogP contribution >= 0.6 is 0 Å². The number of imide groups is 1. The van der Waals surface area contributed by atoms with Crippen LogP contribution in [0.2, 0.25) is 0 Å². The third-order valence-corrected chi connectivity index (χ3v) is 4.79. The van der Waals surface area contributed by atoms with E-state index in [4.69, 9.17) is 9.84 Å². The van der Waals surface area contributed by atoms with Gasteiger partial charge in [-0.15, -0.1) is 0 Å². The van der Waals surface area contributed by atoms with E-state index < -0.39 is 12.0 Å². The summed E-state index contributed by atoms with van der Waals surface area (Å²) in [6.07, 6.45) is -0.933. The van der Waals surface area contributed by atoms with E-state index in [1.165, 1.54) is 0 Å². The lowest BCUT2D eigenvalue weighted by Gasteiger charge is -2.09. The zero-order valence-corrected chi connectivity index (χ0v) is 16.2. The maximum Gasteiger partial charge on any atom is 0.411 e. The van der Waals surface area contributed by atoms with Gasteiger partial charge >= 0.3 is 6.09 Å². The van der Waals surface area contributed by atoms with Crippen LogP contribution in [-0.4, -0.2) is 34.2 Å². The second kappa shape index (κ2) is 8.08. The van der Waals surface area contributed by atoms with Crippen LogP contribution in [0.3, 0.4) is 0 Å². The highest BCUT2D eigenvalue weighted by Gasteiger charge is 2.21. The standard InChI is InChI=1S/C23H19N3O4/c1-30-17-10-7-15(8-11-17)21-24-18-12-9-16(13-14-5-3-2-4-6-14)19(20(18)25-21)22(27)26-23(28)29/h2-12H,13H2,1H3,(H,24,25)(H,26,27)(H,28,29). The number of fused-ring (bicyclic) bond motifs is 1. The number of amides is 2. The summed E-state index contributed by atoms with van der Waals surface area (Å²) in [5.74, 6) is 0.599. The van der Waals surface area contributed by atoms with Gasteiger partial charge in [0.1, 0.15) is 17.1 Å². The van der Waals surface area contributed by atoms with E-state index in [0.29, 0.717) is 28.8 Å². The Kier molecular flexibility index (Phi) is 5.17. The van der Waals surface area contributed by atoms with Crippen molar-refractivity contribution >= 4 is 23.0 Å². The van der Waals surface area contributed by atoms with Gasteiger partial charge in [0.15, 0.2) is 0 Å². The number of aromatic amines is 1. The highest BCUT2D eigenvalue weighted by Crippen LogP contribution is 2.27. The lowest BCUT2D eigenvalue weighted by atomic mass is 9.98. The molecular weight excluding hydrogens is 382 g/mol. The van der Waals surface area contributed by atoms with E-state index in [1.807, 2.05) is 72.0 Å². The number of nitrogens with one attached hydrogen (secondary N) is 2. The smallest absolute Gasteiger partial charge is 0.411 e. The largest absolute Gasteiger partial charge is 0.497 e. The zero-order chi connectivity index (χ0) is 21.1. The fourth-order valence-electron chi connectivity index (χ4n) is 3.38. The second-order valence-corrected chi connectivity index (χ2v) is 6.73. The molecule has 3 N–H and O–H groups in total. The van der Waals surface area contributed by atoms with Crippen molar-refractivity contribution in [2.24, 2.45) is 0 Å². The molecule has 2 amide bonds. The van der Waals surface area contributed by atoms with Gasteiger partial charge in [0.2, 0.25) is 0 Å². The van der Waals surface area contributed by atoms with E-state index in [1.54, 1.807) is 7.11 Å². The maximum atomic E-state index is 12.7. The van der Waals surface area contributed by atoms with Crippen molar-refractivity contribution in [2.45, 2.75) is 6.42 Å². The minimum absolute atomic E-state index is 0.245. The first-order valence-corrected chi connectivity index (χ1v) is 9.29. The summed E-state index contributed by atoms with van der Waals surface area (Å²) >= 11 is 0. The average Bonchev–Trinajstić information content (AvgIpc) is 3.18. The summed E-state index contributed by atoms with van der Waals surface area (Å²) in [5, 5.41) is 11.0. The number of carbonyl (C=O) groups is 2. The molecule has 7 nitrogen and oxygen atoms in total. The maximum absolute atomic E-state index is 12.7. The Morgan fingerprint density at radius 1 is 1.03 bits per heavy atom. The number of H-pyrrole nitrogens is 1. The molecule has 0 unspecified atom stereocenters. The molecule has 0 spiro atoms. The van der Waals surface area contributed by atoms with Gasteiger partial charge in [-0.05, 0) is 47.9 Å². The quantitative estimate of drug-likeness (QED) is 0.464. The lowest BCUT2D eigenvalue weighted by Crippen LogP contribution is -2.29. The molecule has 0 radical (unpaired) electrons. The Morgan fingerprint density at radius 3 is 2.43 bits per heavy atom. The van der Waals surface area contributed by atoms with Gasteiger partial charge in [0.05, 0.1) is 18.2 Å². The number of hydrogen-bond donors (Lipinski definition) is 3. The number of hydrogen-bond acceptors (Lipinski definition) is 4. The fourth-order valence-corrected chi connectivity index (χ4v) is 3.38. The molecule has 0 aliphatic carbocycles. The number of imidazole rings is 1. The number of methoxy groups -OCH3 is 1. The van der Waals surface area contributed by atoms with Crippen molar-refractivity contribution in [3.8, 4) is 17.1 Å². The number of nitrogens with zero attached hydrogens (tertiary/aromatic N) is 1. The van der Waals surface area contributed by atoms with Crippen molar-refractivity contribution in [2.75, 3.05) is 7.11 Å². The van der Waals surface area contributed by atoms with E-state index in [-0.39, 0.29) is 5.56 Å². The number of aromatic nitrogens is 2. The van der Waals surface area contributed by atoms with Crippen LogP contribution in [-0.2, 0) is 6.42 Å². The SMILES string of the molecule is COc1ccc(-c2nc3c(C(=O)NC(=O)O)c(Cc4ccccc4)ccc3[nH]2)cc1. The predicted molar refractivity (Wildman–Crippen MR) is 113 cm³/mol. The summed E-state index contributed by atoms with van der Waals surface area (Å²) in [5.41, 5.74) is 3.84. The third kappa shape index (κ3) is 3.86. The molecule has 1 aromatic heterocycles. The Morgan fingerprint density at radius 2 is 1.77 bits per heavy atom. The van der Waals surface area contributed by atoms with Crippen molar-refractivity contribution in [1.82, 2.24) is 15.3 Å². The molecule has 3 aromatic carbocycles. The van der Waals surface area contributed by atoms with Gasteiger partial charge in [-0.1, -0.05) is 36.4 Å². The molecule has 4 aromatic rings. The van der Waals surface area contributed by atoms with Crippen LogP contribution in [0.15, 0.2) is 66.7 Å².